The zero-order valence-electron chi connectivity index (χ0n) is 11.5. The predicted molar refractivity (Wildman–Crippen MR) is 85.6 cm³/mol. The lowest BCUT2D eigenvalue weighted by atomic mass is 10.2. The maximum absolute atomic E-state index is 12.6. The van der Waals surface area contributed by atoms with Crippen molar-refractivity contribution in [3.05, 3.63) is 53.1 Å². The normalized spacial score (nSPS) is 15.6. The molecule has 4 N–H and O–H groups in total. The summed E-state index contributed by atoms with van der Waals surface area (Å²) >= 11 is 1.54. The Labute approximate surface area is 129 Å². The molecule has 0 bridgehead atoms. The standard InChI is InChI=1S/C14H14N6OS/c21-14-10-6-11(9-4-2-1-3-5-9)22-13(10)15-8-20(14)7-12-16-18-19-17-12/h1-6,8,12,16-19H,7H2. The van der Waals surface area contributed by atoms with Gasteiger partial charge in [0.1, 0.15) is 11.0 Å². The summed E-state index contributed by atoms with van der Waals surface area (Å²) in [4.78, 5) is 18.8. The van der Waals surface area contributed by atoms with Crippen molar-refractivity contribution in [1.82, 2.24) is 31.5 Å². The second-order valence-corrected chi connectivity index (χ2v) is 6.02. The summed E-state index contributed by atoms with van der Waals surface area (Å²) in [6, 6.07) is 11.9. The van der Waals surface area contributed by atoms with Crippen molar-refractivity contribution in [2.75, 3.05) is 0 Å². The average molecular weight is 314 g/mol. The minimum absolute atomic E-state index is 0.0288. The van der Waals surface area contributed by atoms with Gasteiger partial charge in [0, 0.05) is 4.88 Å². The molecule has 8 heteroatoms. The minimum Gasteiger partial charge on any atom is -0.296 e. The molecule has 7 nitrogen and oxygen atoms in total. The highest BCUT2D eigenvalue weighted by molar-refractivity contribution is 7.21. The molecule has 1 saturated heterocycles. The highest BCUT2D eigenvalue weighted by atomic mass is 32.1. The van der Waals surface area contributed by atoms with Crippen molar-refractivity contribution in [2.24, 2.45) is 0 Å². The van der Waals surface area contributed by atoms with E-state index in [1.807, 2.05) is 36.4 Å². The highest BCUT2D eigenvalue weighted by Gasteiger charge is 2.16. The number of hydrazine groups is 3. The van der Waals surface area contributed by atoms with Crippen LogP contribution in [0.3, 0.4) is 0 Å². The topological polar surface area (TPSA) is 83.0 Å². The number of hydrogen-bond donors (Lipinski definition) is 4. The van der Waals surface area contributed by atoms with Gasteiger partial charge in [-0.2, -0.15) is 11.1 Å². The van der Waals surface area contributed by atoms with Gasteiger partial charge in [0.25, 0.3) is 5.56 Å². The number of hydrogen-bond acceptors (Lipinski definition) is 7. The van der Waals surface area contributed by atoms with Crippen LogP contribution in [0.1, 0.15) is 0 Å². The molecule has 2 aromatic heterocycles. The van der Waals surface area contributed by atoms with Crippen LogP contribution in [0.15, 0.2) is 47.5 Å². The van der Waals surface area contributed by atoms with Gasteiger partial charge >= 0.3 is 0 Å². The van der Waals surface area contributed by atoms with E-state index in [0.29, 0.717) is 11.9 Å². The van der Waals surface area contributed by atoms with Crippen LogP contribution in [0.2, 0.25) is 0 Å². The summed E-state index contributed by atoms with van der Waals surface area (Å²) in [5.74, 6) is 0. The fraction of sp³-hybridized carbons (Fsp3) is 0.143. The summed E-state index contributed by atoms with van der Waals surface area (Å²) in [6.07, 6.45) is 1.52. The Bertz CT molecular complexity index is 853. The van der Waals surface area contributed by atoms with Crippen molar-refractivity contribution in [2.45, 2.75) is 12.7 Å². The van der Waals surface area contributed by atoms with Gasteiger partial charge in [0.2, 0.25) is 0 Å². The van der Waals surface area contributed by atoms with Crippen LogP contribution in [-0.2, 0) is 6.54 Å². The summed E-state index contributed by atoms with van der Waals surface area (Å²) in [5.41, 5.74) is 12.4. The summed E-state index contributed by atoms with van der Waals surface area (Å²) in [5, 5.41) is 0.658. The molecule has 3 heterocycles. The van der Waals surface area contributed by atoms with E-state index in [4.69, 9.17) is 0 Å². The van der Waals surface area contributed by atoms with E-state index in [-0.39, 0.29) is 11.7 Å². The quantitative estimate of drug-likeness (QED) is 0.566. The Kier molecular flexibility index (Phi) is 3.45. The molecule has 0 saturated carbocycles. The van der Waals surface area contributed by atoms with E-state index in [0.717, 1.165) is 15.3 Å². The molecule has 1 aromatic carbocycles. The summed E-state index contributed by atoms with van der Waals surface area (Å²) in [6.45, 7) is 0.471. The molecule has 1 aliphatic heterocycles. The zero-order chi connectivity index (χ0) is 14.9. The summed E-state index contributed by atoms with van der Waals surface area (Å²) in [7, 11) is 0. The fourth-order valence-corrected chi connectivity index (χ4v) is 3.40. The van der Waals surface area contributed by atoms with Crippen molar-refractivity contribution < 1.29 is 0 Å². The molecule has 1 fully saturated rings. The van der Waals surface area contributed by atoms with Crippen LogP contribution in [0.25, 0.3) is 20.7 Å². The Morgan fingerprint density at radius 2 is 1.95 bits per heavy atom. The Morgan fingerprint density at radius 3 is 2.73 bits per heavy atom. The number of thiophene rings is 1. The first kappa shape index (κ1) is 13.6. The summed E-state index contributed by atoms with van der Waals surface area (Å²) < 4.78 is 1.60. The number of rotatable bonds is 3. The average Bonchev–Trinajstić information content (AvgIpc) is 3.21. The van der Waals surface area contributed by atoms with Crippen LogP contribution in [0.4, 0.5) is 0 Å². The van der Waals surface area contributed by atoms with E-state index in [1.165, 1.54) is 11.3 Å². The fourth-order valence-electron chi connectivity index (χ4n) is 2.41. The minimum atomic E-state index is -0.0795. The molecule has 0 spiro atoms. The Hall–Kier alpha value is -2.10. The van der Waals surface area contributed by atoms with Gasteiger partial charge in [-0.3, -0.25) is 9.36 Å². The molecule has 1 aliphatic rings. The number of fused-ring (bicyclic) bond motifs is 1. The van der Waals surface area contributed by atoms with Gasteiger partial charge in [-0.15, -0.1) is 11.3 Å². The third-order valence-corrected chi connectivity index (χ3v) is 4.60. The predicted octanol–water partition coefficient (Wildman–Crippen LogP) is 0.568. The first-order chi connectivity index (χ1) is 10.8. The molecule has 0 aliphatic carbocycles. The molecule has 4 rings (SSSR count). The molecule has 0 atom stereocenters. The van der Waals surface area contributed by atoms with Crippen LogP contribution < -0.4 is 27.5 Å². The van der Waals surface area contributed by atoms with Gasteiger partial charge in [-0.25, -0.2) is 15.8 Å². The van der Waals surface area contributed by atoms with Crippen molar-refractivity contribution in [3.8, 4) is 10.4 Å². The SMILES string of the molecule is O=c1c2cc(-c3ccccc3)sc2ncn1CC1NNNN1. The monoisotopic (exact) mass is 314 g/mol. The second-order valence-electron chi connectivity index (χ2n) is 4.99. The molecule has 3 aromatic rings. The third-order valence-electron chi connectivity index (χ3n) is 3.51. The Morgan fingerprint density at radius 1 is 1.18 bits per heavy atom. The van der Waals surface area contributed by atoms with Gasteiger partial charge < -0.3 is 0 Å². The first-order valence-electron chi connectivity index (χ1n) is 6.87. The van der Waals surface area contributed by atoms with Crippen LogP contribution in [-0.4, -0.2) is 15.7 Å². The third kappa shape index (κ3) is 2.43. The van der Waals surface area contributed by atoms with E-state index in [2.05, 4.69) is 26.9 Å². The first-order valence-corrected chi connectivity index (χ1v) is 7.68. The van der Waals surface area contributed by atoms with Crippen LogP contribution in [0.5, 0.6) is 0 Å². The lowest BCUT2D eigenvalue weighted by Gasteiger charge is -2.10. The van der Waals surface area contributed by atoms with Crippen LogP contribution >= 0.6 is 11.3 Å². The Balaban J connectivity index is 1.73. The lowest BCUT2D eigenvalue weighted by molar-refractivity contribution is 0.443. The molecular weight excluding hydrogens is 300 g/mol. The van der Waals surface area contributed by atoms with Crippen molar-refractivity contribution >= 4 is 21.6 Å². The van der Waals surface area contributed by atoms with Gasteiger partial charge in [0.05, 0.1) is 18.3 Å². The smallest absolute Gasteiger partial charge is 0.262 e. The van der Waals surface area contributed by atoms with E-state index in [1.54, 1.807) is 10.9 Å². The van der Waals surface area contributed by atoms with Gasteiger partial charge in [-0.1, -0.05) is 30.3 Å². The zero-order valence-corrected chi connectivity index (χ0v) is 12.4. The van der Waals surface area contributed by atoms with E-state index >= 15 is 0 Å². The number of nitrogens with zero attached hydrogens (tertiary/aromatic N) is 2. The van der Waals surface area contributed by atoms with Crippen LogP contribution in [0, 0.1) is 0 Å². The van der Waals surface area contributed by atoms with Gasteiger partial charge in [-0.05, 0) is 11.6 Å². The molecule has 0 radical (unpaired) electrons. The second kappa shape index (κ2) is 5.59. The molecular formula is C14H14N6OS. The largest absolute Gasteiger partial charge is 0.296 e. The molecule has 22 heavy (non-hydrogen) atoms. The number of benzene rings is 1. The lowest BCUT2D eigenvalue weighted by Crippen LogP contribution is -2.40. The van der Waals surface area contributed by atoms with E-state index < -0.39 is 0 Å². The van der Waals surface area contributed by atoms with Crippen molar-refractivity contribution in [3.63, 3.8) is 0 Å². The number of nitrogens with one attached hydrogen (secondary N) is 4. The molecule has 112 valence electrons. The highest BCUT2D eigenvalue weighted by Crippen LogP contribution is 2.30. The maximum Gasteiger partial charge on any atom is 0.262 e. The van der Waals surface area contributed by atoms with E-state index in [9.17, 15) is 4.79 Å². The maximum atomic E-state index is 12.6. The van der Waals surface area contributed by atoms with Gasteiger partial charge in [0.15, 0.2) is 0 Å². The van der Waals surface area contributed by atoms with Crippen molar-refractivity contribution in [1.29, 1.82) is 0 Å². The molecule has 0 amide bonds. The number of aromatic nitrogens is 2. The molecule has 0 unspecified atom stereocenters.